The number of nitrogens with zero attached hydrogens (tertiary/aromatic N) is 3. The van der Waals surface area contributed by atoms with Crippen molar-refractivity contribution < 1.29 is 14.6 Å². The third-order valence-electron chi connectivity index (χ3n) is 2.89. The van der Waals surface area contributed by atoms with Crippen LogP contribution >= 0.6 is 0 Å². The minimum atomic E-state index is -0.615. The highest BCUT2D eigenvalue weighted by Gasteiger charge is 2.18. The zero-order chi connectivity index (χ0) is 13.8. The molecular formula is C11H13N3O5. The van der Waals surface area contributed by atoms with E-state index < -0.39 is 9.85 Å². The highest BCUT2D eigenvalue weighted by atomic mass is 16.6. The van der Waals surface area contributed by atoms with Crippen LogP contribution in [0.1, 0.15) is 5.56 Å². The van der Waals surface area contributed by atoms with Crippen molar-refractivity contribution in [1.29, 1.82) is 0 Å². The second-order valence-electron chi connectivity index (χ2n) is 4.26. The molecule has 0 spiro atoms. The van der Waals surface area contributed by atoms with E-state index in [-0.39, 0.29) is 11.4 Å². The molecule has 1 aromatic carbocycles. The van der Waals surface area contributed by atoms with Gasteiger partial charge in [-0.25, -0.2) is 0 Å². The standard InChI is InChI=1S/C11H13N3O5/c15-13(16)10-5-9(6-11(7-10)14(17)18)8-12-1-3-19-4-2-12/h5-7H,1-4,8H2. The zero-order valence-electron chi connectivity index (χ0n) is 10.2. The number of hydrogen-bond acceptors (Lipinski definition) is 6. The van der Waals surface area contributed by atoms with Gasteiger partial charge in [-0.15, -0.1) is 0 Å². The summed E-state index contributed by atoms with van der Waals surface area (Å²) in [4.78, 5) is 22.4. The fourth-order valence-corrected chi connectivity index (χ4v) is 1.98. The monoisotopic (exact) mass is 267 g/mol. The first-order valence-electron chi connectivity index (χ1n) is 5.79. The number of nitro benzene ring substituents is 2. The maximum atomic E-state index is 10.8. The van der Waals surface area contributed by atoms with Crippen molar-refractivity contribution in [1.82, 2.24) is 4.90 Å². The summed E-state index contributed by atoms with van der Waals surface area (Å²) in [6, 6.07) is 3.73. The highest BCUT2D eigenvalue weighted by molar-refractivity contribution is 5.46. The third kappa shape index (κ3) is 3.46. The van der Waals surface area contributed by atoms with Crippen molar-refractivity contribution in [3.63, 3.8) is 0 Å². The second-order valence-corrected chi connectivity index (χ2v) is 4.26. The van der Waals surface area contributed by atoms with E-state index in [0.717, 1.165) is 19.2 Å². The molecule has 0 aromatic heterocycles. The fraction of sp³-hybridized carbons (Fsp3) is 0.455. The van der Waals surface area contributed by atoms with Gasteiger partial charge in [-0.1, -0.05) is 0 Å². The minimum Gasteiger partial charge on any atom is -0.379 e. The summed E-state index contributed by atoms with van der Waals surface area (Å²) in [6.07, 6.45) is 0. The molecule has 1 fully saturated rings. The number of non-ortho nitro benzene ring substituents is 2. The maximum Gasteiger partial charge on any atom is 0.276 e. The van der Waals surface area contributed by atoms with Crippen molar-refractivity contribution >= 4 is 11.4 Å². The number of benzene rings is 1. The van der Waals surface area contributed by atoms with Gasteiger partial charge < -0.3 is 4.74 Å². The largest absolute Gasteiger partial charge is 0.379 e. The van der Waals surface area contributed by atoms with E-state index in [1.54, 1.807) is 0 Å². The SMILES string of the molecule is O=[N+]([O-])c1cc(CN2CCOCC2)cc([N+](=O)[O-])c1. The van der Waals surface area contributed by atoms with Crippen LogP contribution < -0.4 is 0 Å². The topological polar surface area (TPSA) is 98.8 Å². The Morgan fingerprint density at radius 1 is 1.05 bits per heavy atom. The molecular weight excluding hydrogens is 254 g/mol. The summed E-state index contributed by atoms with van der Waals surface area (Å²) < 4.78 is 5.20. The molecule has 0 saturated carbocycles. The predicted octanol–water partition coefficient (Wildman–Crippen LogP) is 1.34. The van der Waals surface area contributed by atoms with Gasteiger partial charge in [-0.3, -0.25) is 25.1 Å². The molecule has 0 aliphatic carbocycles. The Morgan fingerprint density at radius 2 is 1.58 bits per heavy atom. The molecule has 0 amide bonds. The van der Waals surface area contributed by atoms with Crippen LogP contribution in [0.5, 0.6) is 0 Å². The molecule has 102 valence electrons. The molecule has 8 nitrogen and oxygen atoms in total. The van der Waals surface area contributed by atoms with E-state index in [2.05, 4.69) is 0 Å². The van der Waals surface area contributed by atoms with Gasteiger partial charge in [-0.05, 0) is 5.56 Å². The molecule has 19 heavy (non-hydrogen) atoms. The molecule has 1 aromatic rings. The van der Waals surface area contributed by atoms with E-state index in [1.165, 1.54) is 12.1 Å². The normalized spacial score (nSPS) is 16.2. The van der Waals surface area contributed by atoms with Gasteiger partial charge in [0.25, 0.3) is 11.4 Å². The zero-order valence-corrected chi connectivity index (χ0v) is 10.2. The molecule has 0 bridgehead atoms. The average Bonchev–Trinajstić information content (AvgIpc) is 2.39. The van der Waals surface area contributed by atoms with Gasteiger partial charge in [0.1, 0.15) is 0 Å². The molecule has 0 atom stereocenters. The Labute approximate surface area is 108 Å². The number of hydrogen-bond donors (Lipinski definition) is 0. The van der Waals surface area contributed by atoms with Crippen LogP contribution in [0.25, 0.3) is 0 Å². The lowest BCUT2D eigenvalue weighted by Crippen LogP contribution is -2.35. The fourth-order valence-electron chi connectivity index (χ4n) is 1.98. The van der Waals surface area contributed by atoms with E-state index >= 15 is 0 Å². The van der Waals surface area contributed by atoms with Crippen molar-refractivity contribution in [2.75, 3.05) is 26.3 Å². The molecule has 0 N–H and O–H groups in total. The van der Waals surface area contributed by atoms with E-state index in [0.29, 0.717) is 25.3 Å². The summed E-state index contributed by atoms with van der Waals surface area (Å²) in [7, 11) is 0. The van der Waals surface area contributed by atoms with Crippen molar-refractivity contribution in [3.8, 4) is 0 Å². The first-order chi connectivity index (χ1) is 9.06. The molecule has 1 saturated heterocycles. The molecule has 1 heterocycles. The van der Waals surface area contributed by atoms with Crippen LogP contribution in [-0.4, -0.2) is 41.0 Å². The van der Waals surface area contributed by atoms with Crippen LogP contribution in [0.15, 0.2) is 18.2 Å². The van der Waals surface area contributed by atoms with Crippen molar-refractivity contribution in [2.45, 2.75) is 6.54 Å². The summed E-state index contributed by atoms with van der Waals surface area (Å²) >= 11 is 0. The van der Waals surface area contributed by atoms with Gasteiger partial charge in [0.2, 0.25) is 0 Å². The Hall–Kier alpha value is -2.06. The van der Waals surface area contributed by atoms with E-state index in [1.807, 2.05) is 4.90 Å². The lowest BCUT2D eigenvalue weighted by Gasteiger charge is -2.26. The predicted molar refractivity (Wildman–Crippen MR) is 65.8 cm³/mol. The molecule has 8 heteroatoms. The second kappa shape index (κ2) is 5.72. The number of nitro groups is 2. The van der Waals surface area contributed by atoms with Crippen LogP contribution in [0, 0.1) is 20.2 Å². The lowest BCUT2D eigenvalue weighted by molar-refractivity contribution is -0.394. The van der Waals surface area contributed by atoms with E-state index in [4.69, 9.17) is 4.74 Å². The van der Waals surface area contributed by atoms with Gasteiger partial charge in [0.05, 0.1) is 29.1 Å². The molecule has 1 aliphatic heterocycles. The van der Waals surface area contributed by atoms with Gasteiger partial charge in [0.15, 0.2) is 0 Å². The Balaban J connectivity index is 2.22. The summed E-state index contributed by atoms with van der Waals surface area (Å²) in [6.45, 7) is 3.10. The van der Waals surface area contributed by atoms with Crippen LogP contribution in [-0.2, 0) is 11.3 Å². The smallest absolute Gasteiger partial charge is 0.276 e. The first kappa shape index (κ1) is 13.4. The van der Waals surface area contributed by atoms with E-state index in [9.17, 15) is 20.2 Å². The summed E-state index contributed by atoms with van der Waals surface area (Å²) in [5.41, 5.74) is 0.0673. The van der Waals surface area contributed by atoms with Gasteiger partial charge in [-0.2, -0.15) is 0 Å². The number of ether oxygens (including phenoxy) is 1. The highest BCUT2D eigenvalue weighted by Crippen LogP contribution is 2.23. The molecule has 0 radical (unpaired) electrons. The maximum absolute atomic E-state index is 10.8. The lowest BCUT2D eigenvalue weighted by atomic mass is 10.1. The van der Waals surface area contributed by atoms with Crippen molar-refractivity contribution in [2.24, 2.45) is 0 Å². The number of rotatable bonds is 4. The quantitative estimate of drug-likeness (QED) is 0.602. The summed E-state index contributed by atoms with van der Waals surface area (Å²) in [5.74, 6) is 0. The third-order valence-corrected chi connectivity index (χ3v) is 2.89. The Morgan fingerprint density at radius 3 is 2.05 bits per heavy atom. The van der Waals surface area contributed by atoms with Crippen LogP contribution in [0.2, 0.25) is 0 Å². The molecule has 0 unspecified atom stereocenters. The van der Waals surface area contributed by atoms with Crippen molar-refractivity contribution in [3.05, 3.63) is 44.0 Å². The Kier molecular flexibility index (Phi) is 4.03. The van der Waals surface area contributed by atoms with Crippen LogP contribution in [0.3, 0.4) is 0 Å². The Bertz CT molecular complexity index is 467. The van der Waals surface area contributed by atoms with Gasteiger partial charge in [0, 0.05) is 31.8 Å². The van der Waals surface area contributed by atoms with Crippen LogP contribution in [0.4, 0.5) is 11.4 Å². The molecule has 1 aliphatic rings. The minimum absolute atomic E-state index is 0.252. The summed E-state index contributed by atoms with van der Waals surface area (Å²) in [5, 5.41) is 21.5. The average molecular weight is 267 g/mol. The number of morpholine rings is 1. The molecule has 2 rings (SSSR count). The first-order valence-corrected chi connectivity index (χ1v) is 5.79. The van der Waals surface area contributed by atoms with Gasteiger partial charge >= 0.3 is 0 Å².